The van der Waals surface area contributed by atoms with Crippen molar-refractivity contribution in [3.05, 3.63) is 64.5 Å². The van der Waals surface area contributed by atoms with E-state index in [1.165, 1.54) is 5.56 Å². The second-order valence-electron chi connectivity index (χ2n) is 4.70. The zero-order chi connectivity index (χ0) is 14.7. The molecule has 0 aliphatic rings. The first-order chi connectivity index (χ1) is 10.2. The Hall–Kier alpha value is -2.14. The van der Waals surface area contributed by atoms with Crippen molar-refractivity contribution in [1.82, 2.24) is 10.2 Å². The molecule has 3 rings (SSSR count). The molecule has 4 nitrogen and oxygen atoms in total. The summed E-state index contributed by atoms with van der Waals surface area (Å²) in [7, 11) is 0. The molecule has 21 heavy (non-hydrogen) atoms. The lowest BCUT2D eigenvalue weighted by Gasteiger charge is -2.03. The van der Waals surface area contributed by atoms with Crippen molar-refractivity contribution in [3.63, 3.8) is 0 Å². The van der Waals surface area contributed by atoms with E-state index < -0.39 is 0 Å². The second kappa shape index (κ2) is 6.10. The van der Waals surface area contributed by atoms with Crippen molar-refractivity contribution in [3.8, 4) is 11.5 Å². The zero-order valence-corrected chi connectivity index (χ0v) is 13.1. The number of hydrogen-bond acceptors (Lipinski definition) is 4. The van der Waals surface area contributed by atoms with E-state index in [4.69, 9.17) is 4.42 Å². The highest BCUT2D eigenvalue weighted by Crippen LogP contribution is 2.26. The van der Waals surface area contributed by atoms with E-state index in [1.807, 2.05) is 36.4 Å². The van der Waals surface area contributed by atoms with Crippen molar-refractivity contribution in [2.24, 2.45) is 0 Å². The molecule has 1 heterocycles. The van der Waals surface area contributed by atoms with Gasteiger partial charge in [0, 0.05) is 10.2 Å². The number of hydrogen-bond donors (Lipinski definition) is 1. The molecule has 0 fully saturated rings. The lowest BCUT2D eigenvalue weighted by Crippen LogP contribution is -1.99. The van der Waals surface area contributed by atoms with Crippen LogP contribution < -0.4 is 5.32 Å². The lowest BCUT2D eigenvalue weighted by molar-refractivity contribution is 0.515. The van der Waals surface area contributed by atoms with Crippen LogP contribution in [0.1, 0.15) is 11.5 Å². The Morgan fingerprint density at radius 2 is 1.95 bits per heavy atom. The van der Waals surface area contributed by atoms with Gasteiger partial charge in [-0.3, -0.25) is 0 Å². The standard InChI is InChI=1S/C16H14BrN3O/c1-11-5-4-6-12(9-11)18-10-15-19-20-16(21-15)13-7-2-3-8-14(13)17/h2-9,18H,10H2,1H3. The Morgan fingerprint density at radius 1 is 1.10 bits per heavy atom. The molecule has 1 aromatic heterocycles. The molecule has 0 radical (unpaired) electrons. The molecule has 0 aliphatic heterocycles. The molecular formula is C16H14BrN3O. The molecule has 2 aromatic carbocycles. The van der Waals surface area contributed by atoms with E-state index in [0.717, 1.165) is 15.7 Å². The summed E-state index contributed by atoms with van der Waals surface area (Å²) in [6.45, 7) is 2.56. The Kier molecular flexibility index (Phi) is 4.01. The van der Waals surface area contributed by atoms with Gasteiger partial charge in [0.15, 0.2) is 0 Å². The zero-order valence-electron chi connectivity index (χ0n) is 11.5. The molecule has 0 spiro atoms. The monoisotopic (exact) mass is 343 g/mol. The number of anilines is 1. The summed E-state index contributed by atoms with van der Waals surface area (Å²) in [5.41, 5.74) is 3.14. The van der Waals surface area contributed by atoms with E-state index in [1.54, 1.807) is 0 Å². The summed E-state index contributed by atoms with van der Waals surface area (Å²) in [6, 6.07) is 15.9. The maximum absolute atomic E-state index is 5.69. The van der Waals surface area contributed by atoms with Gasteiger partial charge in [-0.05, 0) is 52.7 Å². The maximum Gasteiger partial charge on any atom is 0.248 e. The van der Waals surface area contributed by atoms with Crippen LogP contribution in [0.4, 0.5) is 5.69 Å². The van der Waals surface area contributed by atoms with Crippen LogP contribution in [0.2, 0.25) is 0 Å². The van der Waals surface area contributed by atoms with Crippen molar-refractivity contribution in [2.45, 2.75) is 13.5 Å². The molecule has 3 aromatic rings. The average molecular weight is 344 g/mol. The molecule has 0 saturated carbocycles. The largest absolute Gasteiger partial charge is 0.419 e. The van der Waals surface area contributed by atoms with Crippen LogP contribution in [-0.2, 0) is 6.54 Å². The van der Waals surface area contributed by atoms with Gasteiger partial charge < -0.3 is 9.73 Å². The Bertz CT molecular complexity index is 755. The highest BCUT2D eigenvalue weighted by atomic mass is 79.9. The topological polar surface area (TPSA) is 51.0 Å². The number of nitrogens with one attached hydrogen (secondary N) is 1. The van der Waals surface area contributed by atoms with Gasteiger partial charge >= 0.3 is 0 Å². The first-order valence-electron chi connectivity index (χ1n) is 6.60. The van der Waals surface area contributed by atoms with Gasteiger partial charge in [-0.25, -0.2) is 0 Å². The van der Waals surface area contributed by atoms with Crippen molar-refractivity contribution < 1.29 is 4.42 Å². The van der Waals surface area contributed by atoms with Crippen LogP contribution in [0.3, 0.4) is 0 Å². The van der Waals surface area contributed by atoms with Gasteiger partial charge in [0.1, 0.15) is 0 Å². The van der Waals surface area contributed by atoms with E-state index in [9.17, 15) is 0 Å². The lowest BCUT2D eigenvalue weighted by atomic mass is 10.2. The Morgan fingerprint density at radius 3 is 2.76 bits per heavy atom. The highest BCUT2D eigenvalue weighted by Gasteiger charge is 2.10. The molecule has 1 N–H and O–H groups in total. The number of rotatable bonds is 4. The minimum Gasteiger partial charge on any atom is -0.419 e. The van der Waals surface area contributed by atoms with E-state index in [0.29, 0.717) is 18.3 Å². The number of benzene rings is 2. The molecule has 0 aliphatic carbocycles. The molecular weight excluding hydrogens is 330 g/mol. The van der Waals surface area contributed by atoms with Crippen LogP contribution in [-0.4, -0.2) is 10.2 Å². The minimum absolute atomic E-state index is 0.501. The third-order valence-corrected chi connectivity index (χ3v) is 3.72. The van der Waals surface area contributed by atoms with Crippen molar-refractivity contribution in [1.29, 1.82) is 0 Å². The SMILES string of the molecule is Cc1cccc(NCc2nnc(-c3ccccc3Br)o2)c1. The van der Waals surface area contributed by atoms with Gasteiger partial charge in [0.25, 0.3) is 0 Å². The first kappa shape index (κ1) is 13.8. The number of aryl methyl sites for hydroxylation is 1. The van der Waals surface area contributed by atoms with Gasteiger partial charge in [-0.2, -0.15) is 0 Å². The number of nitrogens with zero attached hydrogens (tertiary/aromatic N) is 2. The maximum atomic E-state index is 5.69. The summed E-state index contributed by atoms with van der Waals surface area (Å²) in [4.78, 5) is 0. The van der Waals surface area contributed by atoms with E-state index in [2.05, 4.69) is 50.5 Å². The molecule has 106 valence electrons. The first-order valence-corrected chi connectivity index (χ1v) is 7.39. The van der Waals surface area contributed by atoms with Gasteiger partial charge in [-0.15, -0.1) is 10.2 Å². The molecule has 0 saturated heterocycles. The smallest absolute Gasteiger partial charge is 0.248 e. The normalized spacial score (nSPS) is 10.6. The number of halogens is 1. The fourth-order valence-electron chi connectivity index (χ4n) is 2.00. The quantitative estimate of drug-likeness (QED) is 0.761. The summed E-state index contributed by atoms with van der Waals surface area (Å²) >= 11 is 3.48. The third-order valence-electron chi connectivity index (χ3n) is 3.03. The summed E-state index contributed by atoms with van der Waals surface area (Å²) in [5.74, 6) is 1.07. The predicted molar refractivity (Wildman–Crippen MR) is 85.9 cm³/mol. The summed E-state index contributed by atoms with van der Waals surface area (Å²) in [5, 5.41) is 11.4. The van der Waals surface area contributed by atoms with Crippen molar-refractivity contribution in [2.75, 3.05) is 5.32 Å². The average Bonchev–Trinajstić information content (AvgIpc) is 2.94. The van der Waals surface area contributed by atoms with Gasteiger partial charge in [-0.1, -0.05) is 24.3 Å². The fraction of sp³-hybridized carbons (Fsp3) is 0.125. The molecule has 0 atom stereocenters. The predicted octanol–water partition coefficient (Wildman–Crippen LogP) is 4.42. The second-order valence-corrected chi connectivity index (χ2v) is 5.56. The molecule has 0 unspecified atom stereocenters. The van der Waals surface area contributed by atoms with Crippen LogP contribution in [0.5, 0.6) is 0 Å². The highest BCUT2D eigenvalue weighted by molar-refractivity contribution is 9.10. The van der Waals surface area contributed by atoms with Crippen LogP contribution >= 0.6 is 15.9 Å². The minimum atomic E-state index is 0.501. The Labute approximate surface area is 131 Å². The summed E-state index contributed by atoms with van der Waals surface area (Å²) in [6.07, 6.45) is 0. The number of aromatic nitrogens is 2. The van der Waals surface area contributed by atoms with Crippen LogP contribution in [0, 0.1) is 6.92 Å². The fourth-order valence-corrected chi connectivity index (χ4v) is 2.46. The van der Waals surface area contributed by atoms with Gasteiger partial charge in [0.05, 0.1) is 12.1 Å². The Balaban J connectivity index is 1.72. The van der Waals surface area contributed by atoms with Crippen LogP contribution in [0.15, 0.2) is 57.4 Å². The molecule has 0 bridgehead atoms. The van der Waals surface area contributed by atoms with E-state index >= 15 is 0 Å². The summed E-state index contributed by atoms with van der Waals surface area (Å²) < 4.78 is 6.62. The molecule has 0 amide bonds. The van der Waals surface area contributed by atoms with Gasteiger partial charge in [0.2, 0.25) is 11.8 Å². The van der Waals surface area contributed by atoms with E-state index in [-0.39, 0.29) is 0 Å². The molecule has 5 heteroatoms. The third kappa shape index (κ3) is 3.31. The van der Waals surface area contributed by atoms with Crippen LogP contribution in [0.25, 0.3) is 11.5 Å². The van der Waals surface area contributed by atoms with Crippen molar-refractivity contribution >= 4 is 21.6 Å².